The molecule has 0 fully saturated rings. The van der Waals surface area contributed by atoms with Crippen LogP contribution in [0.25, 0.3) is 0 Å². The Hall–Kier alpha value is -1.39. The molecule has 0 aliphatic heterocycles. The lowest BCUT2D eigenvalue weighted by Crippen LogP contribution is -2.10. The third-order valence-corrected chi connectivity index (χ3v) is 3.37. The molecule has 0 saturated carbocycles. The molecular formula is C12H9ClF3NO2S. The molecule has 108 valence electrons. The maximum absolute atomic E-state index is 12.5. The zero-order chi connectivity index (χ0) is 15.3. The minimum absolute atomic E-state index is 0.0618. The molecule has 0 heterocycles. The largest absolute Gasteiger partial charge is 0.466 e. The molecule has 3 nitrogen and oxygen atoms in total. The third-order valence-electron chi connectivity index (χ3n) is 2.16. The van der Waals surface area contributed by atoms with Crippen LogP contribution in [0.15, 0.2) is 17.0 Å². The lowest BCUT2D eigenvalue weighted by atomic mass is 10.1. The average molecular weight is 324 g/mol. The van der Waals surface area contributed by atoms with Crippen LogP contribution in [0.5, 0.6) is 0 Å². The number of ether oxygens (including phenoxy) is 1. The summed E-state index contributed by atoms with van der Waals surface area (Å²) in [6, 6.07) is 4.20. The predicted octanol–water partition coefficient (Wildman–Crippen LogP) is 3.93. The van der Waals surface area contributed by atoms with E-state index in [1.165, 1.54) is 12.1 Å². The molecule has 20 heavy (non-hydrogen) atoms. The number of hydrogen-bond donors (Lipinski definition) is 0. The second-order valence-corrected chi connectivity index (χ2v) is 5.03. The van der Waals surface area contributed by atoms with E-state index >= 15 is 0 Å². The summed E-state index contributed by atoms with van der Waals surface area (Å²) in [6.45, 7) is 1.71. The van der Waals surface area contributed by atoms with Gasteiger partial charge in [-0.15, -0.1) is 0 Å². The molecule has 0 radical (unpaired) electrons. The molecule has 0 aromatic heterocycles. The number of thioether (sulfide) groups is 1. The minimum atomic E-state index is -4.58. The van der Waals surface area contributed by atoms with Gasteiger partial charge in [0, 0.05) is 4.90 Å². The number of esters is 1. The number of benzene rings is 1. The summed E-state index contributed by atoms with van der Waals surface area (Å²) in [6.07, 6.45) is -0.349. The van der Waals surface area contributed by atoms with Gasteiger partial charge in [0.15, 0.2) is 0 Å². The number of nitrogens with zero attached hydrogens (tertiary/aromatic N) is 1. The van der Waals surface area contributed by atoms with E-state index < -0.39 is 23.2 Å². The number of hydrogen-bond acceptors (Lipinski definition) is 4. The van der Waals surface area contributed by atoms with Crippen molar-refractivity contribution in [3.63, 3.8) is 0 Å². The lowest BCUT2D eigenvalue weighted by Gasteiger charge is -2.13. The van der Waals surface area contributed by atoms with E-state index in [-0.39, 0.29) is 34.1 Å². The highest BCUT2D eigenvalue weighted by Gasteiger charge is 2.32. The summed E-state index contributed by atoms with van der Waals surface area (Å²) >= 11 is 5.25. The van der Waals surface area contributed by atoms with Gasteiger partial charge in [0.2, 0.25) is 0 Å². The van der Waals surface area contributed by atoms with Gasteiger partial charge < -0.3 is 4.74 Å². The first-order chi connectivity index (χ1) is 9.28. The first kappa shape index (κ1) is 16.7. The number of nitriles is 1. The van der Waals surface area contributed by atoms with Gasteiger partial charge >= 0.3 is 11.5 Å². The first-order valence-electron chi connectivity index (χ1n) is 5.41. The fraction of sp³-hybridized carbons (Fsp3) is 0.333. The third kappa shape index (κ3) is 4.62. The smallest absolute Gasteiger partial charge is 0.446 e. The molecule has 0 N–H and O–H groups in total. The van der Waals surface area contributed by atoms with E-state index in [1.54, 1.807) is 13.0 Å². The Morgan fingerprint density at radius 3 is 2.65 bits per heavy atom. The Balaban J connectivity index is 3.23. The molecule has 8 heteroatoms. The van der Waals surface area contributed by atoms with Gasteiger partial charge in [-0.1, -0.05) is 17.7 Å². The number of carbonyl (C=O) groups excluding carboxylic acids is 1. The molecule has 1 aromatic rings. The van der Waals surface area contributed by atoms with Crippen molar-refractivity contribution in [1.29, 1.82) is 5.26 Å². The molecular weight excluding hydrogens is 315 g/mol. The van der Waals surface area contributed by atoms with Gasteiger partial charge in [-0.25, -0.2) is 0 Å². The van der Waals surface area contributed by atoms with Crippen molar-refractivity contribution < 1.29 is 22.7 Å². The summed E-state index contributed by atoms with van der Waals surface area (Å²) < 4.78 is 42.3. The molecule has 0 saturated heterocycles. The van der Waals surface area contributed by atoms with Crippen LogP contribution < -0.4 is 0 Å². The van der Waals surface area contributed by atoms with Gasteiger partial charge in [0.1, 0.15) is 6.07 Å². The standard InChI is InChI=1S/C12H9ClF3NO2S/c1-2-19-10(18)5-7-3-4-9(13)8(6-17)11(7)20-12(14,15)16/h3-4H,2,5H2,1H3. The van der Waals surface area contributed by atoms with E-state index in [2.05, 4.69) is 4.74 Å². The van der Waals surface area contributed by atoms with Crippen molar-refractivity contribution in [3.05, 3.63) is 28.3 Å². The lowest BCUT2D eigenvalue weighted by molar-refractivity contribution is -0.142. The van der Waals surface area contributed by atoms with Crippen LogP contribution >= 0.6 is 23.4 Å². The minimum Gasteiger partial charge on any atom is -0.466 e. The molecule has 1 rings (SSSR count). The van der Waals surface area contributed by atoms with E-state index in [4.69, 9.17) is 16.9 Å². The summed E-state index contributed by atoms with van der Waals surface area (Å²) in [7, 11) is 0. The summed E-state index contributed by atoms with van der Waals surface area (Å²) in [5, 5.41) is 8.84. The number of halogens is 4. The van der Waals surface area contributed by atoms with Crippen LogP contribution in [0.4, 0.5) is 13.2 Å². The molecule has 0 aliphatic carbocycles. The second-order valence-electron chi connectivity index (χ2n) is 3.55. The molecule has 0 bridgehead atoms. The zero-order valence-corrected chi connectivity index (χ0v) is 11.8. The van der Waals surface area contributed by atoms with Crippen molar-refractivity contribution in [3.8, 4) is 6.07 Å². The van der Waals surface area contributed by atoms with Gasteiger partial charge in [0.05, 0.1) is 23.6 Å². The number of carbonyl (C=O) groups is 1. The average Bonchev–Trinajstić information content (AvgIpc) is 2.31. The first-order valence-corrected chi connectivity index (χ1v) is 6.60. The van der Waals surface area contributed by atoms with Crippen molar-refractivity contribution in [1.82, 2.24) is 0 Å². The van der Waals surface area contributed by atoms with Crippen LogP contribution in [-0.2, 0) is 16.0 Å². The fourth-order valence-corrected chi connectivity index (χ4v) is 2.46. The van der Waals surface area contributed by atoms with Crippen LogP contribution in [-0.4, -0.2) is 18.1 Å². The number of rotatable bonds is 4. The normalized spacial score (nSPS) is 11.0. The quantitative estimate of drug-likeness (QED) is 0.622. The predicted molar refractivity (Wildman–Crippen MR) is 68.4 cm³/mol. The Labute approximate surface area is 122 Å². The molecule has 0 unspecified atom stereocenters. The van der Waals surface area contributed by atoms with Gasteiger partial charge in [-0.3, -0.25) is 4.79 Å². The Kier molecular flexibility index (Phi) is 5.72. The summed E-state index contributed by atoms with van der Waals surface area (Å²) in [4.78, 5) is 11.0. The Bertz CT molecular complexity index is 555. The zero-order valence-electron chi connectivity index (χ0n) is 10.3. The van der Waals surface area contributed by atoms with Crippen LogP contribution in [0.3, 0.4) is 0 Å². The van der Waals surface area contributed by atoms with Crippen molar-refractivity contribution in [2.24, 2.45) is 0 Å². The van der Waals surface area contributed by atoms with E-state index in [0.29, 0.717) is 0 Å². The SMILES string of the molecule is CCOC(=O)Cc1ccc(Cl)c(C#N)c1SC(F)(F)F. The molecule has 0 atom stereocenters. The topological polar surface area (TPSA) is 50.1 Å². The van der Waals surface area contributed by atoms with Crippen molar-refractivity contribution in [2.75, 3.05) is 6.61 Å². The van der Waals surface area contributed by atoms with E-state index in [1.807, 2.05) is 0 Å². The Morgan fingerprint density at radius 1 is 1.50 bits per heavy atom. The van der Waals surface area contributed by atoms with Crippen molar-refractivity contribution in [2.45, 2.75) is 23.7 Å². The molecule has 1 aromatic carbocycles. The highest BCUT2D eigenvalue weighted by Crippen LogP contribution is 2.42. The molecule has 0 aliphatic rings. The molecule has 0 amide bonds. The monoisotopic (exact) mass is 323 g/mol. The summed E-state index contributed by atoms with van der Waals surface area (Å²) in [5.74, 6) is -0.664. The fourth-order valence-electron chi connectivity index (χ4n) is 1.44. The van der Waals surface area contributed by atoms with Gasteiger partial charge in [-0.2, -0.15) is 18.4 Å². The second kappa shape index (κ2) is 6.86. The Morgan fingerprint density at radius 2 is 2.15 bits per heavy atom. The maximum Gasteiger partial charge on any atom is 0.446 e. The van der Waals surface area contributed by atoms with E-state index in [0.717, 1.165) is 0 Å². The summed E-state index contributed by atoms with van der Waals surface area (Å²) in [5.41, 5.74) is -4.82. The molecule has 0 spiro atoms. The number of alkyl halides is 3. The van der Waals surface area contributed by atoms with Crippen molar-refractivity contribution >= 4 is 29.3 Å². The highest BCUT2D eigenvalue weighted by molar-refractivity contribution is 8.00. The van der Waals surface area contributed by atoms with Gasteiger partial charge in [-0.05, 0) is 30.3 Å². The van der Waals surface area contributed by atoms with Gasteiger partial charge in [0.25, 0.3) is 0 Å². The maximum atomic E-state index is 12.5. The highest BCUT2D eigenvalue weighted by atomic mass is 35.5. The van der Waals surface area contributed by atoms with Crippen LogP contribution in [0.1, 0.15) is 18.1 Å². The van der Waals surface area contributed by atoms with Crippen LogP contribution in [0.2, 0.25) is 5.02 Å². The van der Waals surface area contributed by atoms with Crippen LogP contribution in [0, 0.1) is 11.3 Å². The van der Waals surface area contributed by atoms with E-state index in [9.17, 15) is 18.0 Å².